The highest BCUT2D eigenvalue weighted by molar-refractivity contribution is 9.10. The average Bonchev–Trinajstić information content (AvgIpc) is 3.06. The molecule has 1 unspecified atom stereocenters. The van der Waals surface area contributed by atoms with Crippen LogP contribution < -0.4 is 10.6 Å². The van der Waals surface area contributed by atoms with Gasteiger partial charge in [-0.25, -0.2) is 0 Å². The van der Waals surface area contributed by atoms with Crippen molar-refractivity contribution in [3.8, 4) is 6.07 Å². The molecule has 1 atom stereocenters. The topological polar surface area (TPSA) is 98.8 Å². The molecule has 9 heteroatoms. The van der Waals surface area contributed by atoms with Gasteiger partial charge < -0.3 is 5.73 Å². The number of benzene rings is 1. The van der Waals surface area contributed by atoms with Crippen molar-refractivity contribution in [2.75, 3.05) is 4.90 Å². The van der Waals surface area contributed by atoms with E-state index in [2.05, 4.69) is 46.0 Å². The Balaban J connectivity index is 2.03. The zero-order chi connectivity index (χ0) is 20.9. The molecule has 1 aromatic carbocycles. The number of carbonyl (C=O) groups excluding carboxylic acids is 1. The van der Waals surface area contributed by atoms with E-state index in [1.165, 1.54) is 11.3 Å². The number of carbonyl (C=O) groups is 1. The first-order valence-electron chi connectivity index (χ1n) is 8.99. The number of anilines is 1. The molecule has 0 fully saturated rings. The van der Waals surface area contributed by atoms with Crippen molar-refractivity contribution in [1.82, 2.24) is 10.2 Å². The fourth-order valence-electron chi connectivity index (χ4n) is 4.07. The maximum absolute atomic E-state index is 13.4. The lowest BCUT2D eigenvalue weighted by Gasteiger charge is -2.42. The van der Waals surface area contributed by atoms with Crippen LogP contribution in [0, 0.1) is 20.7 Å². The van der Waals surface area contributed by atoms with Gasteiger partial charge in [0.05, 0.1) is 17.6 Å². The Hall–Kier alpha value is -2.28. The third-order valence-corrected chi connectivity index (χ3v) is 7.01. The van der Waals surface area contributed by atoms with Crippen LogP contribution in [-0.4, -0.2) is 16.0 Å². The molecule has 2 aromatic rings. The van der Waals surface area contributed by atoms with E-state index >= 15 is 0 Å². The third kappa shape index (κ3) is 3.35. The van der Waals surface area contributed by atoms with Crippen molar-refractivity contribution in [2.24, 2.45) is 11.1 Å². The summed E-state index contributed by atoms with van der Waals surface area (Å²) in [7, 11) is 0. The number of aromatic amines is 1. The molecule has 4 rings (SSSR count). The van der Waals surface area contributed by atoms with Crippen molar-refractivity contribution in [1.29, 1.82) is 5.26 Å². The van der Waals surface area contributed by atoms with Gasteiger partial charge in [0.15, 0.2) is 9.74 Å². The van der Waals surface area contributed by atoms with E-state index in [1.807, 2.05) is 24.3 Å². The highest BCUT2D eigenvalue weighted by Gasteiger charge is 2.45. The van der Waals surface area contributed by atoms with Crippen molar-refractivity contribution < 1.29 is 4.79 Å². The minimum Gasteiger partial charge on any atom is -0.384 e. The SMILES string of the molecule is CC1(C)CC(=O)C2=C(C1)N(c1n[nH]c(=S)s1)C(N)=C(C#N)C2c1ccccc1Br. The normalized spacial score (nSPS) is 21.2. The zero-order valence-electron chi connectivity index (χ0n) is 15.8. The summed E-state index contributed by atoms with van der Waals surface area (Å²) in [6, 6.07) is 9.88. The van der Waals surface area contributed by atoms with Gasteiger partial charge in [0.2, 0.25) is 5.13 Å². The van der Waals surface area contributed by atoms with Gasteiger partial charge in [-0.15, -0.1) is 5.10 Å². The van der Waals surface area contributed by atoms with Crippen LogP contribution in [0.5, 0.6) is 0 Å². The lowest BCUT2D eigenvalue weighted by Crippen LogP contribution is -2.42. The first-order chi connectivity index (χ1) is 13.7. The molecule has 29 heavy (non-hydrogen) atoms. The molecule has 1 aromatic heterocycles. The molecule has 1 aliphatic heterocycles. The molecular formula is C20H18BrN5OS2. The quantitative estimate of drug-likeness (QED) is 0.584. The number of aromatic nitrogens is 2. The number of H-pyrrole nitrogens is 1. The Labute approximate surface area is 185 Å². The number of ketones is 1. The summed E-state index contributed by atoms with van der Waals surface area (Å²) >= 11 is 10.0. The molecular weight excluding hydrogens is 470 g/mol. The number of nitrogens with two attached hydrogens (primary N) is 1. The summed E-state index contributed by atoms with van der Waals surface area (Å²) in [4.78, 5) is 15.1. The summed E-state index contributed by atoms with van der Waals surface area (Å²) in [5, 5.41) is 17.6. The number of nitriles is 1. The summed E-state index contributed by atoms with van der Waals surface area (Å²) in [5.41, 5.74) is 8.90. The number of hydrogen-bond acceptors (Lipinski definition) is 7. The molecule has 0 saturated heterocycles. The van der Waals surface area contributed by atoms with Crippen molar-refractivity contribution in [3.63, 3.8) is 0 Å². The first-order valence-corrected chi connectivity index (χ1v) is 11.0. The summed E-state index contributed by atoms with van der Waals surface area (Å²) in [6.45, 7) is 4.12. The standard InChI is InChI=1S/C20H18BrN5OS2/c1-20(2)7-13-16(14(27)8-20)15(10-5-3-4-6-12(10)21)11(9-22)17(23)26(13)18-24-25-19(28)29-18/h3-6,15H,7-8,23H2,1-2H3,(H,25,28). The minimum absolute atomic E-state index is 0.0291. The maximum atomic E-state index is 13.4. The monoisotopic (exact) mass is 487 g/mol. The second-order valence-corrected chi connectivity index (χ2v) is 10.4. The van der Waals surface area contributed by atoms with Gasteiger partial charge in [-0.1, -0.05) is 59.3 Å². The molecule has 0 radical (unpaired) electrons. The third-order valence-electron chi connectivity index (χ3n) is 5.22. The minimum atomic E-state index is -0.516. The van der Waals surface area contributed by atoms with Gasteiger partial charge in [0, 0.05) is 22.2 Å². The lowest BCUT2D eigenvalue weighted by molar-refractivity contribution is -0.118. The fourth-order valence-corrected chi connectivity index (χ4v) is 5.50. The highest BCUT2D eigenvalue weighted by atomic mass is 79.9. The molecule has 0 amide bonds. The van der Waals surface area contributed by atoms with Crippen LogP contribution in [0.3, 0.4) is 0 Å². The Morgan fingerprint density at radius 2 is 2.14 bits per heavy atom. The number of nitrogens with one attached hydrogen (secondary N) is 1. The number of nitrogens with zero attached hydrogens (tertiary/aromatic N) is 3. The van der Waals surface area contributed by atoms with Crippen LogP contribution >= 0.6 is 39.5 Å². The molecule has 2 aliphatic rings. The van der Waals surface area contributed by atoms with Crippen molar-refractivity contribution >= 4 is 50.4 Å². The van der Waals surface area contributed by atoms with Crippen LogP contribution in [-0.2, 0) is 4.79 Å². The summed E-state index contributed by atoms with van der Waals surface area (Å²) in [5.74, 6) is -0.200. The molecule has 148 valence electrons. The van der Waals surface area contributed by atoms with Crippen LogP contribution in [0.25, 0.3) is 0 Å². The number of Topliss-reactive ketones (excluding diaryl/α,β-unsaturated/α-hetero) is 1. The van der Waals surface area contributed by atoms with E-state index in [4.69, 9.17) is 18.0 Å². The maximum Gasteiger partial charge on any atom is 0.216 e. The Bertz CT molecular complexity index is 1180. The predicted molar refractivity (Wildman–Crippen MR) is 119 cm³/mol. The average molecular weight is 488 g/mol. The molecule has 3 N–H and O–H groups in total. The molecule has 0 saturated carbocycles. The van der Waals surface area contributed by atoms with E-state index in [0.717, 1.165) is 15.7 Å². The second kappa shape index (κ2) is 7.20. The number of hydrogen-bond donors (Lipinski definition) is 2. The van der Waals surface area contributed by atoms with Gasteiger partial charge in [-0.05, 0) is 35.7 Å². The van der Waals surface area contributed by atoms with Gasteiger partial charge in [-0.3, -0.25) is 14.8 Å². The summed E-state index contributed by atoms with van der Waals surface area (Å²) < 4.78 is 1.33. The van der Waals surface area contributed by atoms with Crippen molar-refractivity contribution in [3.05, 3.63) is 60.9 Å². The van der Waals surface area contributed by atoms with Crippen LogP contribution in [0.2, 0.25) is 0 Å². The van der Waals surface area contributed by atoms with Crippen LogP contribution in [0.4, 0.5) is 5.13 Å². The zero-order valence-corrected chi connectivity index (χ0v) is 19.0. The smallest absolute Gasteiger partial charge is 0.216 e. The first kappa shape index (κ1) is 20.0. The molecule has 1 aliphatic carbocycles. The van der Waals surface area contributed by atoms with E-state index in [0.29, 0.717) is 33.1 Å². The lowest BCUT2D eigenvalue weighted by atomic mass is 9.69. The Morgan fingerprint density at radius 1 is 1.41 bits per heavy atom. The molecule has 0 spiro atoms. The van der Waals surface area contributed by atoms with Gasteiger partial charge in [0.25, 0.3) is 0 Å². The predicted octanol–water partition coefficient (Wildman–Crippen LogP) is 4.90. The van der Waals surface area contributed by atoms with Gasteiger partial charge >= 0.3 is 0 Å². The Morgan fingerprint density at radius 3 is 2.76 bits per heavy atom. The summed E-state index contributed by atoms with van der Waals surface area (Å²) in [6.07, 6.45) is 1.05. The van der Waals surface area contributed by atoms with Crippen molar-refractivity contribution in [2.45, 2.75) is 32.6 Å². The highest BCUT2D eigenvalue weighted by Crippen LogP contribution is 2.51. The molecule has 6 nitrogen and oxygen atoms in total. The van der Waals surface area contributed by atoms with Crippen LogP contribution in [0.15, 0.2) is 51.4 Å². The van der Waals surface area contributed by atoms with E-state index in [-0.39, 0.29) is 17.0 Å². The Kier molecular flexibility index (Phi) is 4.97. The second-order valence-electron chi connectivity index (χ2n) is 7.90. The molecule has 0 bridgehead atoms. The van der Waals surface area contributed by atoms with E-state index < -0.39 is 5.92 Å². The van der Waals surface area contributed by atoms with E-state index in [1.54, 1.807) is 4.90 Å². The number of rotatable bonds is 2. The van der Waals surface area contributed by atoms with Gasteiger partial charge in [0.1, 0.15) is 5.82 Å². The largest absolute Gasteiger partial charge is 0.384 e. The number of allylic oxidation sites excluding steroid dienone is 3. The van der Waals surface area contributed by atoms with E-state index in [9.17, 15) is 10.1 Å². The molecule has 2 heterocycles. The number of halogens is 1. The fraction of sp³-hybridized carbons (Fsp3) is 0.300. The van der Waals surface area contributed by atoms with Crippen LogP contribution in [0.1, 0.15) is 38.2 Å². The van der Waals surface area contributed by atoms with Gasteiger partial charge in [-0.2, -0.15) is 5.26 Å².